The number of carboxylic acids is 1. The zero-order valence-electron chi connectivity index (χ0n) is 22.4. The van der Waals surface area contributed by atoms with Gasteiger partial charge < -0.3 is 14.4 Å². The quantitative estimate of drug-likeness (QED) is 0.178. The van der Waals surface area contributed by atoms with Crippen LogP contribution in [-0.4, -0.2) is 20.6 Å². The van der Waals surface area contributed by atoms with Crippen molar-refractivity contribution in [1.82, 2.24) is 9.55 Å². The van der Waals surface area contributed by atoms with E-state index in [1.54, 1.807) is 6.07 Å². The van der Waals surface area contributed by atoms with Crippen LogP contribution in [0.2, 0.25) is 10.0 Å². The minimum atomic E-state index is -0.838. The lowest BCUT2D eigenvalue weighted by Gasteiger charge is -2.08. The molecule has 0 fully saturated rings. The molecule has 5 nitrogen and oxygen atoms in total. The summed E-state index contributed by atoms with van der Waals surface area (Å²) in [5, 5.41) is 10.1. The Kier molecular flexibility index (Phi) is 8.88. The van der Waals surface area contributed by atoms with Crippen molar-refractivity contribution in [2.75, 3.05) is 0 Å². The van der Waals surface area contributed by atoms with Gasteiger partial charge in [-0.1, -0.05) is 89.9 Å². The Morgan fingerprint density at radius 2 is 1.54 bits per heavy atom. The van der Waals surface area contributed by atoms with Gasteiger partial charge in [0.15, 0.2) is 0 Å². The highest BCUT2D eigenvalue weighted by atomic mass is 35.5. The summed E-state index contributed by atoms with van der Waals surface area (Å²) < 4.78 is 8.00. The van der Waals surface area contributed by atoms with Crippen molar-refractivity contribution in [2.24, 2.45) is 0 Å². The van der Waals surface area contributed by atoms with Crippen molar-refractivity contribution < 1.29 is 14.6 Å². The van der Waals surface area contributed by atoms with E-state index in [4.69, 9.17) is 38.0 Å². The van der Waals surface area contributed by atoms with Gasteiger partial charge in [0.05, 0.1) is 17.1 Å². The van der Waals surface area contributed by atoms with E-state index >= 15 is 0 Å². The number of carbonyl (C=O) groups is 1. The summed E-state index contributed by atoms with van der Waals surface area (Å²) in [4.78, 5) is 15.6. The van der Waals surface area contributed by atoms with Crippen LogP contribution in [0.5, 0.6) is 5.75 Å². The van der Waals surface area contributed by atoms with Gasteiger partial charge in [-0.3, -0.25) is 4.79 Å². The predicted molar refractivity (Wildman–Crippen MR) is 166 cm³/mol. The summed E-state index contributed by atoms with van der Waals surface area (Å²) in [5.74, 6) is 0.786. The molecule has 0 radical (unpaired) electrons. The lowest BCUT2D eigenvalue weighted by Crippen LogP contribution is -2.00. The monoisotopic (exact) mass is 582 g/mol. The van der Waals surface area contributed by atoms with E-state index in [0.29, 0.717) is 16.7 Å². The molecule has 5 rings (SSSR count). The van der Waals surface area contributed by atoms with E-state index in [9.17, 15) is 4.79 Å². The molecular formula is C34H28Cl2N2O3. The summed E-state index contributed by atoms with van der Waals surface area (Å²) >= 11 is 12.5. The second kappa shape index (κ2) is 12.9. The summed E-state index contributed by atoms with van der Waals surface area (Å²) in [6.45, 7) is 3.28. The van der Waals surface area contributed by atoms with Crippen molar-refractivity contribution in [3.8, 4) is 28.1 Å². The van der Waals surface area contributed by atoms with Crippen LogP contribution in [0, 0.1) is 0 Å². The van der Waals surface area contributed by atoms with Crippen molar-refractivity contribution >= 4 is 41.3 Å². The number of nitrogens with zero attached hydrogens (tertiary/aromatic N) is 2. The Labute approximate surface area is 249 Å². The van der Waals surface area contributed by atoms with Gasteiger partial charge in [-0.15, -0.1) is 0 Å². The average molecular weight is 584 g/mol. The SMILES string of the molecule is CCn1cc(-c2ccc(Cl)cc2Cl)nc1/C=C/c1ccc(-c2ccc(OCc3ccc(CC(=O)O)cc3)cc2)cc1. The number of aromatic nitrogens is 2. The van der Waals surface area contributed by atoms with E-state index < -0.39 is 5.97 Å². The second-order valence-corrected chi connectivity index (χ2v) is 10.4. The highest BCUT2D eigenvalue weighted by molar-refractivity contribution is 6.36. The first kappa shape index (κ1) is 28.2. The van der Waals surface area contributed by atoms with E-state index in [2.05, 4.69) is 41.8 Å². The highest BCUT2D eigenvalue weighted by Gasteiger charge is 2.11. The minimum Gasteiger partial charge on any atom is -0.489 e. The standard InChI is InChI=1S/C34H28Cl2N2O3/c1-2-38-21-32(30-17-14-28(35)20-31(30)36)37-33(38)18-9-23-7-10-26(11-8-23)27-12-15-29(16-13-27)41-22-25-5-3-24(4-6-25)19-34(39)40/h3-18,20-21H,2,19,22H2,1H3,(H,39,40)/b18-9+. The van der Waals surface area contributed by atoms with E-state index in [0.717, 1.165) is 57.2 Å². The number of carboxylic acid groups (broad SMARTS) is 1. The molecule has 1 aromatic heterocycles. The van der Waals surface area contributed by atoms with E-state index in [1.807, 2.05) is 72.9 Å². The maximum absolute atomic E-state index is 10.8. The van der Waals surface area contributed by atoms with Crippen LogP contribution in [0.4, 0.5) is 0 Å². The van der Waals surface area contributed by atoms with Crippen molar-refractivity contribution in [1.29, 1.82) is 0 Å². The third-order valence-corrected chi connectivity index (χ3v) is 7.21. The first-order valence-corrected chi connectivity index (χ1v) is 14.0. The largest absolute Gasteiger partial charge is 0.489 e. The fourth-order valence-corrected chi connectivity index (χ4v) is 4.94. The molecule has 1 N–H and O–H groups in total. The number of imidazole rings is 1. The molecule has 0 bridgehead atoms. The molecule has 5 aromatic rings. The Bertz CT molecular complexity index is 1670. The van der Waals surface area contributed by atoms with Gasteiger partial charge in [0.25, 0.3) is 0 Å². The third kappa shape index (κ3) is 7.26. The Hall–Kier alpha value is -4.32. The molecule has 1 heterocycles. The molecule has 4 aromatic carbocycles. The third-order valence-electron chi connectivity index (χ3n) is 6.66. The smallest absolute Gasteiger partial charge is 0.307 e. The van der Waals surface area contributed by atoms with Crippen LogP contribution in [0.1, 0.15) is 29.4 Å². The molecule has 0 unspecified atom stereocenters. The number of hydrogen-bond acceptors (Lipinski definition) is 3. The number of halogens is 2. The molecular weight excluding hydrogens is 555 g/mol. The fraction of sp³-hybridized carbons (Fsp3) is 0.118. The molecule has 0 aliphatic heterocycles. The number of rotatable bonds is 10. The van der Waals surface area contributed by atoms with Crippen molar-refractivity contribution in [3.63, 3.8) is 0 Å². The maximum atomic E-state index is 10.8. The predicted octanol–water partition coefficient (Wildman–Crippen LogP) is 8.92. The van der Waals surface area contributed by atoms with Gasteiger partial charge in [-0.05, 0) is 71.1 Å². The van der Waals surface area contributed by atoms with Crippen LogP contribution in [0.25, 0.3) is 34.5 Å². The Balaban J connectivity index is 1.21. The van der Waals surface area contributed by atoms with Gasteiger partial charge in [0.1, 0.15) is 18.2 Å². The molecule has 0 aliphatic rings. The zero-order valence-corrected chi connectivity index (χ0v) is 23.9. The topological polar surface area (TPSA) is 64.4 Å². The molecule has 0 amide bonds. The fourth-order valence-electron chi connectivity index (χ4n) is 4.44. The summed E-state index contributed by atoms with van der Waals surface area (Å²) in [7, 11) is 0. The van der Waals surface area contributed by atoms with Crippen LogP contribution in [0.3, 0.4) is 0 Å². The van der Waals surface area contributed by atoms with Gasteiger partial charge in [0, 0.05) is 23.3 Å². The zero-order chi connectivity index (χ0) is 28.8. The molecule has 7 heteroatoms. The molecule has 41 heavy (non-hydrogen) atoms. The second-order valence-electron chi connectivity index (χ2n) is 9.55. The first-order valence-electron chi connectivity index (χ1n) is 13.2. The number of benzene rings is 4. The molecule has 0 spiro atoms. The average Bonchev–Trinajstić information content (AvgIpc) is 3.39. The van der Waals surface area contributed by atoms with Gasteiger partial charge in [-0.2, -0.15) is 0 Å². The van der Waals surface area contributed by atoms with Crippen molar-refractivity contribution in [2.45, 2.75) is 26.5 Å². The molecule has 0 saturated carbocycles. The highest BCUT2D eigenvalue weighted by Crippen LogP contribution is 2.30. The number of hydrogen-bond donors (Lipinski definition) is 1. The number of ether oxygens (including phenoxy) is 1. The van der Waals surface area contributed by atoms with Gasteiger partial charge >= 0.3 is 5.97 Å². The van der Waals surface area contributed by atoms with Crippen LogP contribution < -0.4 is 4.74 Å². The normalized spacial score (nSPS) is 11.2. The molecule has 0 saturated heterocycles. The lowest BCUT2D eigenvalue weighted by atomic mass is 10.0. The summed E-state index contributed by atoms with van der Waals surface area (Å²) in [6.07, 6.45) is 6.09. The number of aryl methyl sites for hydroxylation is 1. The molecule has 0 atom stereocenters. The van der Waals surface area contributed by atoms with Crippen LogP contribution >= 0.6 is 23.2 Å². The first-order chi connectivity index (χ1) is 19.9. The molecule has 206 valence electrons. The number of aliphatic carboxylic acids is 1. The van der Waals surface area contributed by atoms with Gasteiger partial charge in [0.2, 0.25) is 0 Å². The van der Waals surface area contributed by atoms with E-state index in [-0.39, 0.29) is 6.42 Å². The lowest BCUT2D eigenvalue weighted by molar-refractivity contribution is -0.136. The van der Waals surface area contributed by atoms with E-state index in [1.165, 1.54) is 0 Å². The maximum Gasteiger partial charge on any atom is 0.307 e. The Morgan fingerprint density at radius 3 is 2.17 bits per heavy atom. The summed E-state index contributed by atoms with van der Waals surface area (Å²) in [5.41, 5.74) is 6.69. The van der Waals surface area contributed by atoms with Crippen molar-refractivity contribution in [3.05, 3.63) is 130 Å². The Morgan fingerprint density at radius 1 is 0.878 bits per heavy atom. The summed E-state index contributed by atoms with van der Waals surface area (Å²) in [6, 6.07) is 29.2. The molecule has 0 aliphatic carbocycles. The van der Waals surface area contributed by atoms with Crippen LogP contribution in [-0.2, 0) is 24.4 Å². The van der Waals surface area contributed by atoms with Crippen LogP contribution in [0.15, 0.2) is 97.2 Å². The van der Waals surface area contributed by atoms with Gasteiger partial charge in [-0.25, -0.2) is 4.98 Å². The minimum absolute atomic E-state index is 0.0196.